The van der Waals surface area contributed by atoms with Crippen LogP contribution in [0.2, 0.25) is 0 Å². The normalized spacial score (nSPS) is 15.7. The van der Waals surface area contributed by atoms with Crippen LogP contribution in [0.4, 0.5) is 16.3 Å². The Hall–Kier alpha value is -3.45. The quantitative estimate of drug-likeness (QED) is 0.386. The topological polar surface area (TPSA) is 61.4 Å². The van der Waals surface area contributed by atoms with E-state index in [4.69, 9.17) is 9.97 Å². The third-order valence-electron chi connectivity index (χ3n) is 7.18. The lowest BCUT2D eigenvalue weighted by Gasteiger charge is -2.36. The number of piperazine rings is 1. The van der Waals surface area contributed by atoms with Gasteiger partial charge >= 0.3 is 6.03 Å². The van der Waals surface area contributed by atoms with Crippen LogP contribution in [0, 0.1) is 6.92 Å². The van der Waals surface area contributed by atoms with E-state index >= 15 is 0 Å². The van der Waals surface area contributed by atoms with E-state index in [1.54, 1.807) is 0 Å². The van der Waals surface area contributed by atoms with E-state index in [2.05, 4.69) is 34.5 Å². The van der Waals surface area contributed by atoms with Gasteiger partial charge in [0.1, 0.15) is 16.5 Å². The highest BCUT2D eigenvalue weighted by atomic mass is 32.1. The Morgan fingerprint density at radius 2 is 1.78 bits per heavy atom. The third-order valence-corrected chi connectivity index (χ3v) is 8.37. The Morgan fingerprint density at radius 3 is 2.58 bits per heavy atom. The lowest BCUT2D eigenvalue weighted by molar-refractivity contribution is 0.208. The van der Waals surface area contributed by atoms with Gasteiger partial charge in [-0.05, 0) is 61.4 Å². The number of fused-ring (bicyclic) bond motifs is 3. The SMILES string of the molecule is Cc1cccc(NC(=O)N2CCN(c3nc(Cc4ccccc4)nc4sc5c(c34)CCCC5)CC2)c1. The predicted octanol–water partition coefficient (Wildman–Crippen LogP) is 5.82. The van der Waals surface area contributed by atoms with Crippen LogP contribution in [-0.2, 0) is 19.3 Å². The third kappa shape index (κ3) is 4.67. The molecule has 0 radical (unpaired) electrons. The molecular formula is C29H31N5OS. The first-order valence-corrected chi connectivity index (χ1v) is 13.7. The van der Waals surface area contributed by atoms with Crippen LogP contribution in [-0.4, -0.2) is 47.1 Å². The van der Waals surface area contributed by atoms with Gasteiger partial charge < -0.3 is 15.1 Å². The van der Waals surface area contributed by atoms with Crippen molar-refractivity contribution in [1.82, 2.24) is 14.9 Å². The molecule has 1 N–H and O–H groups in total. The molecule has 0 spiro atoms. The molecule has 2 aromatic carbocycles. The monoisotopic (exact) mass is 497 g/mol. The van der Waals surface area contributed by atoms with Crippen molar-refractivity contribution in [3.8, 4) is 0 Å². The number of amides is 2. The van der Waals surface area contributed by atoms with Crippen molar-refractivity contribution < 1.29 is 4.79 Å². The minimum atomic E-state index is -0.0363. The largest absolute Gasteiger partial charge is 0.352 e. The standard InChI is InChI=1S/C29H31N5OS/c1-20-8-7-11-22(18-20)30-29(35)34-16-14-33(15-17-34)27-26-23-12-5-6-13-24(23)36-28(26)32-25(31-27)19-21-9-3-2-4-10-21/h2-4,7-11,18H,5-6,12-17,19H2,1H3,(H,30,35). The summed E-state index contributed by atoms with van der Waals surface area (Å²) in [6.07, 6.45) is 5.48. The fourth-order valence-electron chi connectivity index (χ4n) is 5.31. The molecular weight excluding hydrogens is 466 g/mol. The Balaban J connectivity index is 1.25. The Labute approximate surface area is 216 Å². The summed E-state index contributed by atoms with van der Waals surface area (Å²) >= 11 is 1.86. The zero-order valence-corrected chi connectivity index (χ0v) is 21.5. The molecule has 1 saturated heterocycles. The van der Waals surface area contributed by atoms with Crippen molar-refractivity contribution in [2.24, 2.45) is 0 Å². The van der Waals surface area contributed by atoms with Crippen LogP contribution in [0.15, 0.2) is 54.6 Å². The van der Waals surface area contributed by atoms with Crippen molar-refractivity contribution in [2.75, 3.05) is 36.4 Å². The van der Waals surface area contributed by atoms with E-state index in [0.717, 1.165) is 60.1 Å². The summed E-state index contributed by atoms with van der Waals surface area (Å²) in [7, 11) is 0. The molecule has 0 unspecified atom stereocenters. The van der Waals surface area contributed by atoms with Gasteiger partial charge in [0, 0.05) is 43.2 Å². The highest BCUT2D eigenvalue weighted by Gasteiger charge is 2.27. The molecule has 1 fully saturated rings. The molecule has 0 atom stereocenters. The maximum atomic E-state index is 12.9. The molecule has 3 heterocycles. The summed E-state index contributed by atoms with van der Waals surface area (Å²) in [6, 6.07) is 18.4. The maximum absolute atomic E-state index is 12.9. The molecule has 6 rings (SSSR count). The summed E-state index contributed by atoms with van der Waals surface area (Å²) in [5, 5.41) is 4.31. The average Bonchev–Trinajstić information content (AvgIpc) is 3.27. The number of nitrogens with zero attached hydrogens (tertiary/aromatic N) is 4. The molecule has 2 aromatic heterocycles. The average molecular weight is 498 g/mol. The molecule has 0 bridgehead atoms. The zero-order valence-electron chi connectivity index (χ0n) is 20.7. The predicted molar refractivity (Wildman–Crippen MR) is 147 cm³/mol. The summed E-state index contributed by atoms with van der Waals surface area (Å²) in [4.78, 5) is 30.0. The van der Waals surface area contributed by atoms with E-state index in [-0.39, 0.29) is 6.03 Å². The van der Waals surface area contributed by atoms with Gasteiger partial charge in [0.2, 0.25) is 0 Å². The van der Waals surface area contributed by atoms with Crippen LogP contribution >= 0.6 is 11.3 Å². The van der Waals surface area contributed by atoms with Crippen LogP contribution in [0.1, 0.15) is 40.2 Å². The number of nitrogens with one attached hydrogen (secondary N) is 1. The molecule has 0 saturated carbocycles. The number of hydrogen-bond acceptors (Lipinski definition) is 5. The maximum Gasteiger partial charge on any atom is 0.321 e. The van der Waals surface area contributed by atoms with Crippen molar-refractivity contribution >= 4 is 39.1 Å². The number of thiophene rings is 1. The fraction of sp³-hybridized carbons (Fsp3) is 0.345. The molecule has 1 aliphatic heterocycles. The molecule has 1 aliphatic carbocycles. The van der Waals surface area contributed by atoms with Gasteiger partial charge in [-0.3, -0.25) is 0 Å². The second kappa shape index (κ2) is 9.90. The van der Waals surface area contributed by atoms with Gasteiger partial charge in [-0.25, -0.2) is 14.8 Å². The molecule has 184 valence electrons. The molecule has 6 nitrogen and oxygen atoms in total. The molecule has 36 heavy (non-hydrogen) atoms. The number of hydrogen-bond donors (Lipinski definition) is 1. The van der Waals surface area contributed by atoms with E-state index < -0.39 is 0 Å². The number of rotatable bonds is 4. The first kappa shape index (κ1) is 23.0. The first-order chi connectivity index (χ1) is 17.6. The number of aryl methyl sites for hydroxylation is 3. The van der Waals surface area contributed by atoms with E-state index in [1.807, 2.05) is 53.5 Å². The van der Waals surface area contributed by atoms with E-state index in [0.29, 0.717) is 13.1 Å². The van der Waals surface area contributed by atoms with Gasteiger partial charge in [0.25, 0.3) is 0 Å². The Bertz CT molecular complexity index is 1390. The number of anilines is 2. The van der Waals surface area contributed by atoms with Gasteiger partial charge in [-0.1, -0.05) is 42.5 Å². The highest BCUT2D eigenvalue weighted by molar-refractivity contribution is 7.19. The number of carbonyl (C=O) groups is 1. The highest BCUT2D eigenvalue weighted by Crippen LogP contribution is 2.40. The Kier molecular flexibility index (Phi) is 6.32. The van der Waals surface area contributed by atoms with Crippen molar-refractivity contribution in [3.63, 3.8) is 0 Å². The summed E-state index contributed by atoms with van der Waals surface area (Å²) < 4.78 is 0. The Morgan fingerprint density at radius 1 is 0.972 bits per heavy atom. The van der Waals surface area contributed by atoms with Crippen LogP contribution < -0.4 is 10.2 Å². The van der Waals surface area contributed by atoms with E-state index in [1.165, 1.54) is 34.2 Å². The van der Waals surface area contributed by atoms with Gasteiger partial charge in [-0.15, -0.1) is 11.3 Å². The van der Waals surface area contributed by atoms with Crippen molar-refractivity contribution in [2.45, 2.75) is 39.0 Å². The van der Waals surface area contributed by atoms with Crippen LogP contribution in [0.3, 0.4) is 0 Å². The smallest absolute Gasteiger partial charge is 0.321 e. The van der Waals surface area contributed by atoms with Crippen LogP contribution in [0.25, 0.3) is 10.2 Å². The van der Waals surface area contributed by atoms with Crippen LogP contribution in [0.5, 0.6) is 0 Å². The number of urea groups is 1. The lowest BCUT2D eigenvalue weighted by Crippen LogP contribution is -2.50. The number of carbonyl (C=O) groups excluding carboxylic acids is 1. The molecule has 7 heteroatoms. The molecule has 2 amide bonds. The molecule has 4 aromatic rings. The minimum absolute atomic E-state index is 0.0363. The number of aromatic nitrogens is 2. The minimum Gasteiger partial charge on any atom is -0.352 e. The fourth-order valence-corrected chi connectivity index (χ4v) is 6.59. The van der Waals surface area contributed by atoms with Crippen molar-refractivity contribution in [3.05, 3.63) is 82.0 Å². The lowest BCUT2D eigenvalue weighted by atomic mass is 9.96. The number of benzene rings is 2. The van der Waals surface area contributed by atoms with Gasteiger partial charge in [0.05, 0.1) is 5.39 Å². The first-order valence-electron chi connectivity index (χ1n) is 12.9. The van der Waals surface area contributed by atoms with Gasteiger partial charge in [0.15, 0.2) is 0 Å². The molecule has 2 aliphatic rings. The van der Waals surface area contributed by atoms with Gasteiger partial charge in [-0.2, -0.15) is 0 Å². The second-order valence-electron chi connectivity index (χ2n) is 9.79. The summed E-state index contributed by atoms with van der Waals surface area (Å²) in [5.41, 5.74) is 4.66. The second-order valence-corrected chi connectivity index (χ2v) is 10.9. The zero-order chi connectivity index (χ0) is 24.5. The van der Waals surface area contributed by atoms with E-state index in [9.17, 15) is 4.79 Å². The van der Waals surface area contributed by atoms with Crippen molar-refractivity contribution in [1.29, 1.82) is 0 Å². The summed E-state index contributed by atoms with van der Waals surface area (Å²) in [6.45, 7) is 4.91. The summed E-state index contributed by atoms with van der Waals surface area (Å²) in [5.74, 6) is 1.94.